The Labute approximate surface area is 96.5 Å². The van der Waals surface area contributed by atoms with E-state index in [9.17, 15) is 0 Å². The molecule has 1 heterocycles. The predicted molar refractivity (Wildman–Crippen MR) is 66.4 cm³/mol. The largest absolute Gasteiger partial charge is 0.309 e. The molecular weight excluding hydrogens is 206 g/mol. The van der Waals surface area contributed by atoms with Gasteiger partial charge in [-0.05, 0) is 47.5 Å². The van der Waals surface area contributed by atoms with E-state index in [0.29, 0.717) is 6.04 Å². The first-order valence-corrected chi connectivity index (χ1v) is 6.21. The average molecular weight is 227 g/mol. The van der Waals surface area contributed by atoms with E-state index in [4.69, 9.17) is 0 Å². The molecule has 0 saturated heterocycles. The zero-order valence-corrected chi connectivity index (χ0v) is 10.9. The molecule has 0 radical (unpaired) electrons. The Morgan fingerprint density at radius 3 is 2.80 bits per heavy atom. The zero-order valence-electron chi connectivity index (χ0n) is 10.1. The fraction of sp³-hybridized carbons (Fsp3) is 0.727. The van der Waals surface area contributed by atoms with Crippen LogP contribution in [0.5, 0.6) is 0 Å². The van der Waals surface area contributed by atoms with Crippen LogP contribution >= 0.6 is 11.3 Å². The van der Waals surface area contributed by atoms with Crippen LogP contribution in [0.4, 0.5) is 0 Å². The van der Waals surface area contributed by atoms with E-state index in [1.807, 2.05) is 6.20 Å². The summed E-state index contributed by atoms with van der Waals surface area (Å²) in [5.74, 6) is 0. The van der Waals surface area contributed by atoms with Gasteiger partial charge in [-0.1, -0.05) is 0 Å². The molecule has 15 heavy (non-hydrogen) atoms. The second kappa shape index (κ2) is 6.20. The van der Waals surface area contributed by atoms with Crippen LogP contribution in [-0.4, -0.2) is 37.1 Å². The van der Waals surface area contributed by atoms with E-state index in [1.165, 1.54) is 16.3 Å². The lowest BCUT2D eigenvalue weighted by molar-refractivity contribution is 0.389. The third-order valence-electron chi connectivity index (χ3n) is 2.24. The third-order valence-corrected chi connectivity index (χ3v) is 3.34. The molecule has 0 amide bonds. The van der Waals surface area contributed by atoms with Crippen molar-refractivity contribution in [3.05, 3.63) is 16.1 Å². The number of rotatable bonds is 6. The van der Waals surface area contributed by atoms with Crippen LogP contribution in [0.3, 0.4) is 0 Å². The molecule has 86 valence electrons. The smallest absolute Gasteiger partial charge is 0.109 e. The van der Waals surface area contributed by atoms with Crippen molar-refractivity contribution >= 4 is 11.3 Å². The molecule has 0 aliphatic rings. The number of hydrogen-bond acceptors (Lipinski definition) is 4. The number of nitrogens with one attached hydrogen (secondary N) is 1. The van der Waals surface area contributed by atoms with Gasteiger partial charge < -0.3 is 10.2 Å². The molecule has 0 fully saturated rings. The van der Waals surface area contributed by atoms with Crippen molar-refractivity contribution in [2.24, 2.45) is 0 Å². The van der Waals surface area contributed by atoms with Gasteiger partial charge in [0.15, 0.2) is 0 Å². The second-order valence-electron chi connectivity index (χ2n) is 4.14. The second-order valence-corrected chi connectivity index (χ2v) is 5.41. The summed E-state index contributed by atoms with van der Waals surface area (Å²) < 4.78 is 0. The topological polar surface area (TPSA) is 28.2 Å². The molecule has 3 nitrogen and oxygen atoms in total. The predicted octanol–water partition coefficient (Wildman–Crippen LogP) is 2.05. The molecule has 1 N–H and O–H groups in total. The Bertz CT molecular complexity index is 283. The molecular formula is C11H21N3S. The van der Waals surface area contributed by atoms with E-state index in [1.54, 1.807) is 11.3 Å². The summed E-state index contributed by atoms with van der Waals surface area (Å²) in [6, 6.07) is 0.380. The standard InChI is InChI=1S/C11H21N3S/c1-9-8-13-11(15-9)10(2)12-6-5-7-14(3)4/h8,10,12H,5-7H2,1-4H3. The lowest BCUT2D eigenvalue weighted by Crippen LogP contribution is -2.23. The molecule has 0 saturated carbocycles. The summed E-state index contributed by atoms with van der Waals surface area (Å²) in [5, 5.41) is 4.68. The third kappa shape index (κ3) is 4.73. The molecule has 1 aromatic rings. The van der Waals surface area contributed by atoms with Crippen LogP contribution in [0, 0.1) is 6.92 Å². The quantitative estimate of drug-likeness (QED) is 0.754. The summed E-state index contributed by atoms with van der Waals surface area (Å²) >= 11 is 1.78. The van der Waals surface area contributed by atoms with Crippen LogP contribution in [0.25, 0.3) is 0 Å². The van der Waals surface area contributed by atoms with Gasteiger partial charge >= 0.3 is 0 Å². The minimum atomic E-state index is 0.380. The highest BCUT2D eigenvalue weighted by molar-refractivity contribution is 7.11. The molecule has 0 aliphatic carbocycles. The Balaban J connectivity index is 2.21. The molecule has 1 rings (SSSR count). The first-order chi connectivity index (χ1) is 7.09. The number of aromatic nitrogens is 1. The van der Waals surface area contributed by atoms with Crippen molar-refractivity contribution < 1.29 is 0 Å². The van der Waals surface area contributed by atoms with E-state index >= 15 is 0 Å². The Morgan fingerprint density at radius 2 is 2.27 bits per heavy atom. The van der Waals surface area contributed by atoms with E-state index in [0.717, 1.165) is 13.1 Å². The van der Waals surface area contributed by atoms with Gasteiger partial charge in [0.1, 0.15) is 5.01 Å². The van der Waals surface area contributed by atoms with Crippen LogP contribution in [-0.2, 0) is 0 Å². The highest BCUT2D eigenvalue weighted by atomic mass is 32.1. The van der Waals surface area contributed by atoms with Crippen molar-refractivity contribution in [2.75, 3.05) is 27.2 Å². The molecule has 1 atom stereocenters. The van der Waals surface area contributed by atoms with Gasteiger partial charge in [-0.25, -0.2) is 4.98 Å². The maximum atomic E-state index is 4.38. The average Bonchev–Trinajstić information content (AvgIpc) is 2.59. The normalized spacial score (nSPS) is 13.4. The zero-order chi connectivity index (χ0) is 11.3. The first kappa shape index (κ1) is 12.6. The summed E-state index contributed by atoms with van der Waals surface area (Å²) in [4.78, 5) is 7.87. The highest BCUT2D eigenvalue weighted by Gasteiger charge is 2.07. The lowest BCUT2D eigenvalue weighted by atomic mass is 10.3. The molecule has 0 bridgehead atoms. The number of nitrogens with zero attached hydrogens (tertiary/aromatic N) is 2. The van der Waals surface area contributed by atoms with E-state index in [-0.39, 0.29) is 0 Å². The molecule has 0 aromatic carbocycles. The van der Waals surface area contributed by atoms with E-state index < -0.39 is 0 Å². The minimum absolute atomic E-state index is 0.380. The van der Waals surface area contributed by atoms with Gasteiger partial charge in [0.05, 0.1) is 6.04 Å². The van der Waals surface area contributed by atoms with Crippen molar-refractivity contribution in [1.82, 2.24) is 15.2 Å². The Kier molecular flexibility index (Phi) is 5.22. The van der Waals surface area contributed by atoms with Crippen molar-refractivity contribution in [1.29, 1.82) is 0 Å². The molecule has 0 aliphatic heterocycles. The van der Waals surface area contributed by atoms with Gasteiger partial charge in [0.2, 0.25) is 0 Å². The van der Waals surface area contributed by atoms with Gasteiger partial charge in [-0.15, -0.1) is 11.3 Å². The van der Waals surface area contributed by atoms with Gasteiger partial charge in [0.25, 0.3) is 0 Å². The fourth-order valence-corrected chi connectivity index (χ4v) is 2.17. The van der Waals surface area contributed by atoms with Crippen molar-refractivity contribution in [2.45, 2.75) is 26.3 Å². The SMILES string of the molecule is Cc1cnc(C(C)NCCCN(C)C)s1. The van der Waals surface area contributed by atoms with Crippen LogP contribution in [0.2, 0.25) is 0 Å². The first-order valence-electron chi connectivity index (χ1n) is 5.40. The lowest BCUT2D eigenvalue weighted by Gasteiger charge is -2.13. The Hall–Kier alpha value is -0.450. The summed E-state index contributed by atoms with van der Waals surface area (Å²) in [7, 11) is 4.21. The Morgan fingerprint density at radius 1 is 1.53 bits per heavy atom. The monoisotopic (exact) mass is 227 g/mol. The molecule has 0 spiro atoms. The van der Waals surface area contributed by atoms with Gasteiger partial charge in [-0.2, -0.15) is 0 Å². The highest BCUT2D eigenvalue weighted by Crippen LogP contribution is 2.18. The van der Waals surface area contributed by atoms with Gasteiger partial charge in [0, 0.05) is 11.1 Å². The minimum Gasteiger partial charge on any atom is -0.309 e. The van der Waals surface area contributed by atoms with Crippen molar-refractivity contribution in [3.63, 3.8) is 0 Å². The summed E-state index contributed by atoms with van der Waals surface area (Å²) in [5.41, 5.74) is 0. The van der Waals surface area contributed by atoms with Gasteiger partial charge in [-0.3, -0.25) is 0 Å². The van der Waals surface area contributed by atoms with Crippen LogP contribution in [0.15, 0.2) is 6.20 Å². The molecule has 4 heteroatoms. The fourth-order valence-electron chi connectivity index (χ4n) is 1.37. The van der Waals surface area contributed by atoms with Crippen LogP contribution in [0.1, 0.15) is 29.3 Å². The number of hydrogen-bond donors (Lipinski definition) is 1. The summed E-state index contributed by atoms with van der Waals surface area (Å²) in [6.07, 6.45) is 3.12. The molecule has 1 unspecified atom stereocenters. The maximum Gasteiger partial charge on any atom is 0.109 e. The maximum absolute atomic E-state index is 4.38. The summed E-state index contributed by atoms with van der Waals surface area (Å²) in [6.45, 7) is 6.46. The molecule has 1 aromatic heterocycles. The van der Waals surface area contributed by atoms with Crippen LogP contribution < -0.4 is 5.32 Å². The van der Waals surface area contributed by atoms with E-state index in [2.05, 4.69) is 43.1 Å². The number of aryl methyl sites for hydroxylation is 1. The van der Waals surface area contributed by atoms with Crippen molar-refractivity contribution in [3.8, 4) is 0 Å². The number of thiazole rings is 1.